The summed E-state index contributed by atoms with van der Waals surface area (Å²) in [5.41, 5.74) is 2.91. The molecule has 3 unspecified atom stereocenters. The zero-order chi connectivity index (χ0) is 26.9. The predicted molar refractivity (Wildman–Crippen MR) is 146 cm³/mol. The molecule has 0 saturated heterocycles. The van der Waals surface area contributed by atoms with E-state index in [9.17, 15) is 0 Å². The lowest BCUT2D eigenvalue weighted by molar-refractivity contribution is -0.224. The smallest absolute Gasteiger partial charge is 0.286 e. The van der Waals surface area contributed by atoms with E-state index < -0.39 is 24.2 Å². The molecular weight excluding hydrogens is 498 g/mol. The minimum Gasteiger partial charge on any atom is -0.489 e. The van der Waals surface area contributed by atoms with Crippen molar-refractivity contribution >= 4 is 0 Å². The van der Waals surface area contributed by atoms with Gasteiger partial charge in [-0.3, -0.25) is 0 Å². The zero-order valence-electron chi connectivity index (χ0n) is 21.6. The molecule has 4 nitrogen and oxygen atoms in total. The first-order chi connectivity index (χ1) is 19.1. The van der Waals surface area contributed by atoms with E-state index in [0.29, 0.717) is 24.7 Å². The van der Waals surface area contributed by atoms with Gasteiger partial charge in [-0.1, -0.05) is 91.0 Å². The first kappa shape index (κ1) is 26.9. The molecule has 0 radical (unpaired) electrons. The Morgan fingerprint density at radius 2 is 1.08 bits per heavy atom. The van der Waals surface area contributed by atoms with Crippen LogP contribution in [0.5, 0.6) is 11.5 Å². The molecule has 3 atom stereocenters. The van der Waals surface area contributed by atoms with Gasteiger partial charge in [-0.15, -0.1) is 0 Å². The average Bonchev–Trinajstić information content (AvgIpc) is 2.98. The number of halogens is 2. The maximum absolute atomic E-state index is 15.4. The quantitative estimate of drug-likeness (QED) is 0.200. The Labute approximate surface area is 228 Å². The number of rotatable bonds is 11. The Morgan fingerprint density at radius 1 is 0.590 bits per heavy atom. The third kappa shape index (κ3) is 7.43. The van der Waals surface area contributed by atoms with Crippen molar-refractivity contribution in [3.8, 4) is 11.5 Å². The van der Waals surface area contributed by atoms with E-state index in [1.165, 1.54) is 0 Å². The molecule has 0 N–H and O–H groups in total. The van der Waals surface area contributed by atoms with Gasteiger partial charge in [0.2, 0.25) is 0 Å². The SMILES string of the molecule is FC1(F)CCC(OCc2ccccc2)C(OCc2ccccc2)C1Oc1ccc(OCc2ccccc2)cc1. The van der Waals surface area contributed by atoms with Crippen molar-refractivity contribution in [2.75, 3.05) is 0 Å². The van der Waals surface area contributed by atoms with E-state index in [4.69, 9.17) is 18.9 Å². The molecule has 0 bridgehead atoms. The van der Waals surface area contributed by atoms with E-state index in [0.717, 1.165) is 16.7 Å². The van der Waals surface area contributed by atoms with Crippen molar-refractivity contribution in [3.63, 3.8) is 0 Å². The van der Waals surface area contributed by atoms with E-state index in [1.807, 2.05) is 91.0 Å². The van der Waals surface area contributed by atoms with Crippen LogP contribution in [0.3, 0.4) is 0 Å². The van der Waals surface area contributed by atoms with Crippen molar-refractivity contribution in [2.24, 2.45) is 0 Å². The number of ether oxygens (including phenoxy) is 4. The van der Waals surface area contributed by atoms with E-state index in [-0.39, 0.29) is 19.4 Å². The number of hydrogen-bond donors (Lipinski definition) is 0. The van der Waals surface area contributed by atoms with Crippen LogP contribution in [0, 0.1) is 0 Å². The lowest BCUT2D eigenvalue weighted by Crippen LogP contribution is -2.57. The van der Waals surface area contributed by atoms with Crippen LogP contribution in [0.15, 0.2) is 115 Å². The molecule has 5 rings (SSSR count). The lowest BCUT2D eigenvalue weighted by atomic mass is 9.88. The van der Waals surface area contributed by atoms with Crippen molar-refractivity contribution in [2.45, 2.75) is 56.9 Å². The topological polar surface area (TPSA) is 36.9 Å². The number of alkyl halides is 2. The van der Waals surface area contributed by atoms with Gasteiger partial charge in [0, 0.05) is 6.42 Å². The van der Waals surface area contributed by atoms with Crippen LogP contribution in [0.25, 0.3) is 0 Å². The van der Waals surface area contributed by atoms with Gasteiger partial charge in [0.15, 0.2) is 6.10 Å². The van der Waals surface area contributed by atoms with Gasteiger partial charge in [0.05, 0.1) is 19.3 Å². The third-order valence-corrected chi connectivity index (χ3v) is 6.77. The second-order valence-electron chi connectivity index (χ2n) is 9.68. The van der Waals surface area contributed by atoms with Gasteiger partial charge >= 0.3 is 0 Å². The van der Waals surface area contributed by atoms with Gasteiger partial charge in [-0.25, -0.2) is 8.78 Å². The number of benzene rings is 4. The van der Waals surface area contributed by atoms with Crippen molar-refractivity contribution < 1.29 is 27.7 Å². The molecule has 4 aromatic carbocycles. The Balaban J connectivity index is 1.30. The molecule has 1 aliphatic rings. The summed E-state index contributed by atoms with van der Waals surface area (Å²) in [6.07, 6.45) is -3.20. The summed E-state index contributed by atoms with van der Waals surface area (Å²) in [6, 6.07) is 35.8. The Bertz CT molecular complexity index is 1270. The monoisotopic (exact) mass is 530 g/mol. The minimum atomic E-state index is -3.09. The minimum absolute atomic E-state index is 0.172. The highest BCUT2D eigenvalue weighted by molar-refractivity contribution is 5.32. The lowest BCUT2D eigenvalue weighted by Gasteiger charge is -2.42. The molecule has 0 aliphatic heterocycles. The van der Waals surface area contributed by atoms with Crippen LogP contribution in [-0.2, 0) is 29.3 Å². The van der Waals surface area contributed by atoms with E-state index >= 15 is 8.78 Å². The molecular formula is C33H32F2O4. The molecule has 6 heteroatoms. The molecule has 4 aromatic rings. The average molecular weight is 531 g/mol. The predicted octanol–water partition coefficient (Wildman–Crippen LogP) is 7.61. The molecule has 0 aromatic heterocycles. The first-order valence-corrected chi connectivity index (χ1v) is 13.2. The number of hydrogen-bond acceptors (Lipinski definition) is 4. The summed E-state index contributed by atoms with van der Waals surface area (Å²) in [7, 11) is 0. The summed E-state index contributed by atoms with van der Waals surface area (Å²) >= 11 is 0. The highest BCUT2D eigenvalue weighted by atomic mass is 19.3. The molecule has 1 saturated carbocycles. The van der Waals surface area contributed by atoms with Crippen molar-refractivity contribution in [3.05, 3.63) is 132 Å². The van der Waals surface area contributed by atoms with Crippen LogP contribution >= 0.6 is 0 Å². The summed E-state index contributed by atoms with van der Waals surface area (Å²) in [6.45, 7) is 0.902. The molecule has 202 valence electrons. The second kappa shape index (κ2) is 12.9. The van der Waals surface area contributed by atoms with Crippen LogP contribution < -0.4 is 9.47 Å². The highest BCUT2D eigenvalue weighted by Crippen LogP contribution is 2.40. The van der Waals surface area contributed by atoms with Crippen molar-refractivity contribution in [1.29, 1.82) is 0 Å². The van der Waals surface area contributed by atoms with Gasteiger partial charge in [0.25, 0.3) is 5.92 Å². The Hall–Kier alpha value is -3.74. The normalized spacial score (nSPS) is 20.3. The van der Waals surface area contributed by atoms with Crippen LogP contribution in [0.4, 0.5) is 8.78 Å². The van der Waals surface area contributed by atoms with Crippen molar-refractivity contribution in [1.82, 2.24) is 0 Å². The highest BCUT2D eigenvalue weighted by Gasteiger charge is 2.54. The Kier molecular flexibility index (Phi) is 8.86. The van der Waals surface area contributed by atoms with Gasteiger partial charge < -0.3 is 18.9 Å². The maximum Gasteiger partial charge on any atom is 0.286 e. The maximum atomic E-state index is 15.4. The fourth-order valence-electron chi connectivity index (χ4n) is 4.65. The third-order valence-electron chi connectivity index (χ3n) is 6.77. The van der Waals surface area contributed by atoms with E-state index in [1.54, 1.807) is 24.3 Å². The van der Waals surface area contributed by atoms with Crippen LogP contribution in [-0.4, -0.2) is 24.2 Å². The fraction of sp³-hybridized carbons (Fsp3) is 0.273. The standard InChI is InChI=1S/C33H32F2O4/c34-33(35)21-20-30(37-23-26-12-6-2-7-13-26)31(38-24-27-14-8-3-9-15-27)32(33)39-29-18-16-28(17-19-29)36-22-25-10-4-1-5-11-25/h1-19,30-32H,20-24H2. The molecule has 1 fully saturated rings. The van der Waals surface area contributed by atoms with Crippen LogP contribution in [0.1, 0.15) is 29.5 Å². The zero-order valence-corrected chi connectivity index (χ0v) is 21.6. The summed E-state index contributed by atoms with van der Waals surface area (Å²) < 4.78 is 54.8. The second-order valence-corrected chi connectivity index (χ2v) is 9.68. The van der Waals surface area contributed by atoms with Gasteiger partial charge in [-0.2, -0.15) is 0 Å². The van der Waals surface area contributed by atoms with E-state index in [2.05, 4.69) is 0 Å². The largest absolute Gasteiger partial charge is 0.489 e. The Morgan fingerprint density at radius 3 is 1.64 bits per heavy atom. The molecule has 0 heterocycles. The molecule has 0 amide bonds. The summed E-state index contributed by atoms with van der Waals surface area (Å²) in [5, 5.41) is 0. The van der Waals surface area contributed by atoms with Crippen LogP contribution in [0.2, 0.25) is 0 Å². The first-order valence-electron chi connectivity index (χ1n) is 13.2. The summed E-state index contributed by atoms with van der Waals surface area (Å²) in [5.74, 6) is -2.14. The molecule has 0 spiro atoms. The van der Waals surface area contributed by atoms with Gasteiger partial charge in [0.1, 0.15) is 24.2 Å². The summed E-state index contributed by atoms with van der Waals surface area (Å²) in [4.78, 5) is 0. The molecule has 39 heavy (non-hydrogen) atoms. The molecule has 1 aliphatic carbocycles. The van der Waals surface area contributed by atoms with Gasteiger partial charge in [-0.05, 0) is 47.4 Å². The fourth-order valence-corrected chi connectivity index (χ4v) is 4.65.